The highest BCUT2D eigenvalue weighted by Gasteiger charge is 2.50. The number of esters is 1. The molecule has 0 aromatic rings. The number of cyclic esters (lactones) is 1. The summed E-state index contributed by atoms with van der Waals surface area (Å²) in [7, 11) is 10.2. The number of Topliss-reactive ketones (excluding diaryl/α,β-unsaturated/α-hetero) is 1. The second-order valence-corrected chi connectivity index (χ2v) is 15.0. The molecule has 2 heterocycles. The van der Waals surface area contributed by atoms with Crippen molar-refractivity contribution < 1.29 is 28.5 Å². The second-order valence-electron chi connectivity index (χ2n) is 15.0. The Bertz CT molecular complexity index is 930. The van der Waals surface area contributed by atoms with Gasteiger partial charge in [0, 0.05) is 44.1 Å². The van der Waals surface area contributed by atoms with Crippen LogP contribution in [0.5, 0.6) is 0 Å². The smallest absolute Gasteiger partial charge is 0.319 e. The molecule has 0 unspecified atom stereocenters. The Morgan fingerprint density at radius 2 is 1.67 bits per heavy atom. The molecular formula is C34H63N3O6. The zero-order chi connectivity index (χ0) is 32.3. The third-order valence-corrected chi connectivity index (χ3v) is 11.0. The number of carbonyl (C=O) groups is 2. The molecule has 0 aromatic carbocycles. The molecule has 1 aliphatic carbocycles. The van der Waals surface area contributed by atoms with Gasteiger partial charge in [-0.2, -0.15) is 0 Å². The van der Waals surface area contributed by atoms with E-state index in [1.807, 2.05) is 6.92 Å². The summed E-state index contributed by atoms with van der Waals surface area (Å²) in [6.07, 6.45) is 4.62. The Labute approximate surface area is 262 Å². The van der Waals surface area contributed by atoms with E-state index in [-0.39, 0.29) is 23.8 Å². The van der Waals surface area contributed by atoms with Gasteiger partial charge >= 0.3 is 5.97 Å². The number of carbonyl (C=O) groups excluding carboxylic acids is 2. The first kappa shape index (κ1) is 36.4. The Hall–Kier alpha value is -1.10. The van der Waals surface area contributed by atoms with E-state index >= 15 is 0 Å². The number of ether oxygens (including phenoxy) is 4. The van der Waals surface area contributed by atoms with Crippen LogP contribution >= 0.6 is 0 Å². The maximum atomic E-state index is 14.2. The maximum absolute atomic E-state index is 14.2. The minimum Gasteiger partial charge on any atom is -0.463 e. The molecule has 2 aliphatic heterocycles. The van der Waals surface area contributed by atoms with Gasteiger partial charge in [0.1, 0.15) is 12.0 Å². The molecule has 0 spiro atoms. The average Bonchev–Trinajstić information content (AvgIpc) is 3.43. The van der Waals surface area contributed by atoms with Crippen molar-refractivity contribution in [1.29, 1.82) is 0 Å². The Kier molecular flexibility index (Phi) is 12.7. The van der Waals surface area contributed by atoms with E-state index in [2.05, 4.69) is 70.6 Å². The monoisotopic (exact) mass is 609 g/mol. The summed E-state index contributed by atoms with van der Waals surface area (Å²) in [6.45, 7) is 16.0. The number of hydrogen-bond acceptors (Lipinski definition) is 9. The Morgan fingerprint density at radius 1 is 1.00 bits per heavy atom. The van der Waals surface area contributed by atoms with Crippen molar-refractivity contribution in [1.82, 2.24) is 14.7 Å². The number of methoxy groups -OCH3 is 1. The zero-order valence-corrected chi connectivity index (χ0v) is 29.4. The van der Waals surface area contributed by atoms with Crippen molar-refractivity contribution in [3.63, 3.8) is 0 Å². The van der Waals surface area contributed by atoms with Gasteiger partial charge in [-0.25, -0.2) is 0 Å². The summed E-state index contributed by atoms with van der Waals surface area (Å²) < 4.78 is 25.4. The van der Waals surface area contributed by atoms with E-state index in [1.54, 1.807) is 21.0 Å². The summed E-state index contributed by atoms with van der Waals surface area (Å²) in [5, 5.41) is 0. The summed E-state index contributed by atoms with van der Waals surface area (Å²) >= 11 is 0. The lowest BCUT2D eigenvalue weighted by Crippen LogP contribution is -2.55. The number of hydrogen-bond donors (Lipinski definition) is 0. The van der Waals surface area contributed by atoms with Crippen LogP contribution in [0.3, 0.4) is 0 Å². The van der Waals surface area contributed by atoms with E-state index in [0.29, 0.717) is 37.5 Å². The summed E-state index contributed by atoms with van der Waals surface area (Å²) in [5.74, 6) is -0.615. The molecule has 3 aliphatic rings. The standard InChI is InChI=1S/C34H63N3O6/c1-13-36(10)26-15-14-25(17-26)28-21-41-32(39)33(5,6)30(38)24(4)31(34(7,40-12)19-22(2)20-37(28)11)43-29-18-27(35(8)9)16-23(3)42-29/h22-29,31H,13-21H2,1-12H3/t22-,23-,24+,25-,26+,27+,28+,29+,31-,34-/m1/s1. The van der Waals surface area contributed by atoms with Crippen molar-refractivity contribution in [2.75, 3.05) is 55.0 Å². The Balaban J connectivity index is 1.94. The van der Waals surface area contributed by atoms with E-state index in [4.69, 9.17) is 18.9 Å². The van der Waals surface area contributed by atoms with Crippen LogP contribution in [-0.2, 0) is 28.5 Å². The van der Waals surface area contributed by atoms with Crippen LogP contribution in [0.4, 0.5) is 0 Å². The third-order valence-electron chi connectivity index (χ3n) is 11.0. The summed E-state index contributed by atoms with van der Waals surface area (Å²) in [6, 6.07) is 0.949. The molecule has 43 heavy (non-hydrogen) atoms. The average molecular weight is 610 g/mol. The minimum atomic E-state index is -1.33. The predicted octanol–water partition coefficient (Wildman–Crippen LogP) is 4.47. The van der Waals surface area contributed by atoms with Gasteiger partial charge in [-0.3, -0.25) is 14.5 Å². The van der Waals surface area contributed by atoms with Crippen LogP contribution < -0.4 is 0 Å². The molecular weight excluding hydrogens is 546 g/mol. The summed E-state index contributed by atoms with van der Waals surface area (Å²) in [4.78, 5) is 34.9. The third kappa shape index (κ3) is 8.59. The first-order chi connectivity index (χ1) is 20.0. The lowest BCUT2D eigenvalue weighted by molar-refractivity contribution is -0.263. The van der Waals surface area contributed by atoms with Gasteiger partial charge in [-0.1, -0.05) is 20.8 Å². The van der Waals surface area contributed by atoms with Gasteiger partial charge in [0.25, 0.3) is 0 Å². The molecule has 0 radical (unpaired) electrons. The van der Waals surface area contributed by atoms with Gasteiger partial charge in [0.2, 0.25) is 0 Å². The van der Waals surface area contributed by atoms with Crippen LogP contribution in [0.1, 0.15) is 87.0 Å². The first-order valence-corrected chi connectivity index (χ1v) is 16.7. The predicted molar refractivity (Wildman–Crippen MR) is 170 cm³/mol. The van der Waals surface area contributed by atoms with Crippen LogP contribution in [0.15, 0.2) is 0 Å². The van der Waals surface area contributed by atoms with Crippen molar-refractivity contribution in [3.05, 3.63) is 0 Å². The molecule has 10 atom stereocenters. The fourth-order valence-corrected chi connectivity index (χ4v) is 8.01. The van der Waals surface area contributed by atoms with Crippen molar-refractivity contribution in [3.8, 4) is 0 Å². The van der Waals surface area contributed by atoms with E-state index in [9.17, 15) is 9.59 Å². The van der Waals surface area contributed by atoms with Crippen molar-refractivity contribution in [2.24, 2.45) is 23.2 Å². The SMILES string of the molecule is CCN(C)[C@H]1CC[C@@H]([C@@H]2COC(=O)C(C)(C)C(=O)[C@H](C)[C@@H](O[C@H]3C[C@@H](N(C)C)C[C@@H](C)O3)[C@](C)(OC)C[C@@H](C)CN2C)C1. The van der Waals surface area contributed by atoms with Gasteiger partial charge in [0.05, 0.1) is 17.8 Å². The fraction of sp³-hybridized carbons (Fsp3) is 0.941. The molecule has 9 heteroatoms. The van der Waals surface area contributed by atoms with Gasteiger partial charge in [-0.15, -0.1) is 0 Å². The number of ketones is 1. The molecule has 3 fully saturated rings. The van der Waals surface area contributed by atoms with Crippen LogP contribution in [0, 0.1) is 23.2 Å². The van der Waals surface area contributed by atoms with Gasteiger partial charge in [0.15, 0.2) is 12.1 Å². The summed E-state index contributed by atoms with van der Waals surface area (Å²) in [5.41, 5.74) is -2.11. The van der Waals surface area contributed by atoms with E-state index in [0.717, 1.165) is 38.8 Å². The molecule has 250 valence electrons. The van der Waals surface area contributed by atoms with E-state index in [1.165, 1.54) is 0 Å². The lowest BCUT2D eigenvalue weighted by Gasteiger charge is -2.45. The number of nitrogens with zero attached hydrogens (tertiary/aromatic N) is 3. The molecule has 0 N–H and O–H groups in total. The Morgan fingerprint density at radius 3 is 2.28 bits per heavy atom. The maximum Gasteiger partial charge on any atom is 0.319 e. The molecule has 0 bridgehead atoms. The van der Waals surface area contributed by atoms with Crippen molar-refractivity contribution >= 4 is 11.8 Å². The topological polar surface area (TPSA) is 80.8 Å². The van der Waals surface area contributed by atoms with Gasteiger partial charge < -0.3 is 28.7 Å². The molecule has 3 rings (SSSR count). The fourth-order valence-electron chi connectivity index (χ4n) is 8.01. The van der Waals surface area contributed by atoms with E-state index < -0.39 is 35.3 Å². The molecule has 1 saturated carbocycles. The lowest BCUT2D eigenvalue weighted by atomic mass is 9.74. The van der Waals surface area contributed by atoms with Crippen LogP contribution in [-0.4, -0.2) is 124 Å². The van der Waals surface area contributed by atoms with Crippen molar-refractivity contribution in [2.45, 2.75) is 129 Å². The molecule has 0 amide bonds. The van der Waals surface area contributed by atoms with Crippen LogP contribution in [0.25, 0.3) is 0 Å². The normalized spacial score (nSPS) is 40.7. The zero-order valence-electron chi connectivity index (χ0n) is 29.4. The molecule has 0 aromatic heterocycles. The largest absolute Gasteiger partial charge is 0.463 e. The quantitative estimate of drug-likeness (QED) is 0.307. The first-order valence-electron chi connectivity index (χ1n) is 16.7. The highest BCUT2D eigenvalue weighted by molar-refractivity contribution is 6.04. The highest BCUT2D eigenvalue weighted by atomic mass is 16.7. The number of likely N-dealkylation sites (N-methyl/N-ethyl adjacent to an activating group) is 1. The van der Waals surface area contributed by atoms with Crippen LogP contribution in [0.2, 0.25) is 0 Å². The molecule has 9 nitrogen and oxygen atoms in total. The second kappa shape index (κ2) is 15.0. The number of rotatable bonds is 7. The minimum absolute atomic E-state index is 0.0314. The molecule has 2 saturated heterocycles. The highest BCUT2D eigenvalue weighted by Crippen LogP contribution is 2.39. The van der Waals surface area contributed by atoms with Gasteiger partial charge in [-0.05, 0) is 106 Å².